The minimum Gasteiger partial charge on any atom is -0.489 e. The highest BCUT2D eigenvalue weighted by Crippen LogP contribution is 2.31. The van der Waals surface area contributed by atoms with Gasteiger partial charge in [-0.1, -0.05) is 30.3 Å². The third-order valence-corrected chi connectivity index (χ3v) is 4.12. The molecule has 3 aromatic rings. The third kappa shape index (κ3) is 4.17. The summed E-state index contributed by atoms with van der Waals surface area (Å²) < 4.78 is 43.8. The van der Waals surface area contributed by atoms with E-state index in [1.54, 1.807) is 6.07 Å². The second-order valence-corrected chi connectivity index (χ2v) is 6.08. The molecule has 134 valence electrons. The predicted molar refractivity (Wildman–Crippen MR) is 96.8 cm³/mol. The maximum absolute atomic E-state index is 12.7. The first-order chi connectivity index (χ1) is 12.3. The number of halogens is 3. The molecule has 0 aliphatic rings. The first-order valence-corrected chi connectivity index (χ1v) is 8.08. The standard InChI is InChI=1S/C21H18F3NO/c1-14-11-19(9-10-20(14)25)26-13-15-3-2-4-17(12-15)16-5-7-18(8-6-16)21(22,23)24/h2-12H,13,25H2,1H3. The fourth-order valence-corrected chi connectivity index (χ4v) is 2.60. The maximum atomic E-state index is 12.7. The molecule has 3 rings (SSSR count). The third-order valence-electron chi connectivity index (χ3n) is 4.12. The Kier molecular flexibility index (Phi) is 4.89. The van der Waals surface area contributed by atoms with E-state index < -0.39 is 11.7 Å². The second kappa shape index (κ2) is 7.12. The van der Waals surface area contributed by atoms with Gasteiger partial charge in [0.25, 0.3) is 0 Å². The quantitative estimate of drug-likeness (QED) is 0.595. The number of nitrogen functional groups attached to an aromatic ring is 1. The monoisotopic (exact) mass is 357 g/mol. The van der Waals surface area contributed by atoms with Gasteiger partial charge in [-0.05, 0) is 65.6 Å². The van der Waals surface area contributed by atoms with Crippen LogP contribution in [0.2, 0.25) is 0 Å². The number of benzene rings is 3. The van der Waals surface area contributed by atoms with Gasteiger partial charge in [0.05, 0.1) is 5.56 Å². The summed E-state index contributed by atoms with van der Waals surface area (Å²) in [5.74, 6) is 0.719. The van der Waals surface area contributed by atoms with Crippen LogP contribution in [0, 0.1) is 6.92 Å². The molecule has 0 spiro atoms. The summed E-state index contributed by atoms with van der Waals surface area (Å²) in [4.78, 5) is 0. The van der Waals surface area contributed by atoms with Crippen LogP contribution >= 0.6 is 0 Å². The lowest BCUT2D eigenvalue weighted by Gasteiger charge is -2.11. The molecule has 3 aromatic carbocycles. The van der Waals surface area contributed by atoms with Crippen molar-refractivity contribution < 1.29 is 17.9 Å². The van der Waals surface area contributed by atoms with E-state index >= 15 is 0 Å². The molecule has 0 amide bonds. The lowest BCUT2D eigenvalue weighted by molar-refractivity contribution is -0.137. The number of anilines is 1. The molecule has 0 fully saturated rings. The van der Waals surface area contributed by atoms with Crippen LogP contribution in [0.1, 0.15) is 16.7 Å². The molecule has 2 N–H and O–H groups in total. The number of alkyl halides is 3. The molecule has 2 nitrogen and oxygen atoms in total. The Morgan fingerprint density at radius 2 is 1.62 bits per heavy atom. The van der Waals surface area contributed by atoms with Crippen molar-refractivity contribution in [3.05, 3.63) is 83.4 Å². The van der Waals surface area contributed by atoms with Crippen LogP contribution < -0.4 is 10.5 Å². The van der Waals surface area contributed by atoms with Crippen molar-refractivity contribution in [3.63, 3.8) is 0 Å². The van der Waals surface area contributed by atoms with Crippen LogP contribution in [0.4, 0.5) is 18.9 Å². The molecule has 0 atom stereocenters. The molecule has 0 aliphatic carbocycles. The molecular weight excluding hydrogens is 339 g/mol. The van der Waals surface area contributed by atoms with E-state index in [1.807, 2.05) is 43.3 Å². The summed E-state index contributed by atoms with van der Waals surface area (Å²) in [7, 11) is 0. The zero-order valence-electron chi connectivity index (χ0n) is 14.2. The van der Waals surface area contributed by atoms with Crippen molar-refractivity contribution in [2.24, 2.45) is 0 Å². The van der Waals surface area contributed by atoms with Crippen molar-refractivity contribution in [3.8, 4) is 16.9 Å². The number of hydrogen-bond donors (Lipinski definition) is 1. The summed E-state index contributed by atoms with van der Waals surface area (Å²) in [5, 5.41) is 0. The van der Waals surface area contributed by atoms with E-state index in [0.29, 0.717) is 12.3 Å². The van der Waals surface area contributed by atoms with E-state index in [1.165, 1.54) is 12.1 Å². The Bertz CT molecular complexity index is 902. The molecule has 0 radical (unpaired) electrons. The fourth-order valence-electron chi connectivity index (χ4n) is 2.60. The molecule has 5 heteroatoms. The molecule has 26 heavy (non-hydrogen) atoms. The first kappa shape index (κ1) is 17.9. The van der Waals surface area contributed by atoms with Crippen LogP contribution in [0.25, 0.3) is 11.1 Å². The Balaban J connectivity index is 1.74. The molecular formula is C21H18F3NO. The van der Waals surface area contributed by atoms with Gasteiger partial charge >= 0.3 is 6.18 Å². The van der Waals surface area contributed by atoms with Crippen molar-refractivity contribution in [2.45, 2.75) is 19.7 Å². The zero-order chi connectivity index (χ0) is 18.7. The Morgan fingerprint density at radius 1 is 0.885 bits per heavy atom. The highest BCUT2D eigenvalue weighted by Gasteiger charge is 2.29. The van der Waals surface area contributed by atoms with Crippen LogP contribution in [0.15, 0.2) is 66.7 Å². The number of ether oxygens (including phenoxy) is 1. The number of nitrogens with two attached hydrogens (primary N) is 1. The fraction of sp³-hybridized carbons (Fsp3) is 0.143. The highest BCUT2D eigenvalue weighted by atomic mass is 19.4. The Hall–Kier alpha value is -2.95. The van der Waals surface area contributed by atoms with Crippen LogP contribution in [-0.2, 0) is 12.8 Å². The van der Waals surface area contributed by atoms with Gasteiger partial charge < -0.3 is 10.5 Å². The van der Waals surface area contributed by atoms with Gasteiger partial charge in [0.15, 0.2) is 0 Å². The van der Waals surface area contributed by atoms with Crippen molar-refractivity contribution >= 4 is 5.69 Å². The molecule has 0 saturated carbocycles. The first-order valence-electron chi connectivity index (χ1n) is 8.08. The summed E-state index contributed by atoms with van der Waals surface area (Å²) >= 11 is 0. The van der Waals surface area contributed by atoms with Gasteiger partial charge in [0, 0.05) is 5.69 Å². The lowest BCUT2D eigenvalue weighted by Crippen LogP contribution is -2.04. The van der Waals surface area contributed by atoms with E-state index in [0.717, 1.165) is 40.1 Å². The normalized spacial score (nSPS) is 11.4. The number of hydrogen-bond acceptors (Lipinski definition) is 2. The van der Waals surface area contributed by atoms with Crippen molar-refractivity contribution in [1.29, 1.82) is 0 Å². The lowest BCUT2D eigenvalue weighted by atomic mass is 10.0. The SMILES string of the molecule is Cc1cc(OCc2cccc(-c3ccc(C(F)(F)F)cc3)c2)ccc1N. The summed E-state index contributed by atoms with van der Waals surface area (Å²) in [5.41, 5.74) is 9.29. The van der Waals surface area contributed by atoms with Crippen LogP contribution in [0.5, 0.6) is 5.75 Å². The van der Waals surface area contributed by atoms with Gasteiger partial charge in [-0.2, -0.15) is 13.2 Å². The summed E-state index contributed by atoms with van der Waals surface area (Å²) in [6.07, 6.45) is -4.33. The molecule has 0 aliphatic heterocycles. The van der Waals surface area contributed by atoms with Gasteiger partial charge in [0.1, 0.15) is 12.4 Å². The minimum atomic E-state index is -4.33. The molecule has 0 heterocycles. The predicted octanol–water partition coefficient (Wildman–Crippen LogP) is 5.84. The molecule has 0 saturated heterocycles. The van der Waals surface area contributed by atoms with Crippen LogP contribution in [-0.4, -0.2) is 0 Å². The molecule has 0 bridgehead atoms. The average Bonchev–Trinajstić information content (AvgIpc) is 2.62. The number of rotatable bonds is 4. The molecule has 0 aromatic heterocycles. The van der Waals surface area contributed by atoms with E-state index in [2.05, 4.69) is 0 Å². The average molecular weight is 357 g/mol. The summed E-state index contributed by atoms with van der Waals surface area (Å²) in [6.45, 7) is 2.27. The molecule has 0 unspecified atom stereocenters. The van der Waals surface area contributed by atoms with Crippen molar-refractivity contribution in [1.82, 2.24) is 0 Å². The van der Waals surface area contributed by atoms with Gasteiger partial charge in [-0.25, -0.2) is 0 Å². The van der Waals surface area contributed by atoms with Crippen LogP contribution in [0.3, 0.4) is 0 Å². The van der Waals surface area contributed by atoms with Gasteiger partial charge in [0.2, 0.25) is 0 Å². The highest BCUT2D eigenvalue weighted by molar-refractivity contribution is 5.64. The van der Waals surface area contributed by atoms with E-state index in [9.17, 15) is 13.2 Å². The van der Waals surface area contributed by atoms with Gasteiger partial charge in [-0.3, -0.25) is 0 Å². The van der Waals surface area contributed by atoms with E-state index in [-0.39, 0.29) is 0 Å². The minimum absolute atomic E-state index is 0.359. The topological polar surface area (TPSA) is 35.2 Å². The zero-order valence-corrected chi connectivity index (χ0v) is 14.2. The van der Waals surface area contributed by atoms with E-state index in [4.69, 9.17) is 10.5 Å². The van der Waals surface area contributed by atoms with Crippen molar-refractivity contribution in [2.75, 3.05) is 5.73 Å². The second-order valence-electron chi connectivity index (χ2n) is 6.08. The Labute approximate surface area is 150 Å². The largest absolute Gasteiger partial charge is 0.489 e. The maximum Gasteiger partial charge on any atom is 0.416 e. The summed E-state index contributed by atoms with van der Waals surface area (Å²) in [6, 6.07) is 18.2. The van der Waals surface area contributed by atoms with Gasteiger partial charge in [-0.15, -0.1) is 0 Å². The Morgan fingerprint density at radius 3 is 2.27 bits per heavy atom. The smallest absolute Gasteiger partial charge is 0.416 e. The number of aryl methyl sites for hydroxylation is 1.